The Morgan fingerprint density at radius 2 is 1.02 bits per heavy atom. The Bertz CT molecular complexity index is 2420. The molecular formula is C48H40O6. The molecule has 0 saturated heterocycles. The highest BCUT2D eigenvalue weighted by molar-refractivity contribution is 6.07. The van der Waals surface area contributed by atoms with Crippen molar-refractivity contribution >= 4 is 23.5 Å². The molecule has 0 saturated carbocycles. The molecule has 0 spiro atoms. The van der Waals surface area contributed by atoms with Crippen molar-refractivity contribution < 1.29 is 29.4 Å². The number of carboxylic acid groups (broad SMARTS) is 2. The van der Waals surface area contributed by atoms with Crippen molar-refractivity contribution in [1.82, 2.24) is 0 Å². The van der Waals surface area contributed by atoms with E-state index >= 15 is 0 Å². The van der Waals surface area contributed by atoms with Crippen molar-refractivity contribution in [3.8, 4) is 11.1 Å². The lowest BCUT2D eigenvalue weighted by Crippen LogP contribution is -2.28. The van der Waals surface area contributed by atoms with Gasteiger partial charge in [0.05, 0.1) is 16.5 Å². The van der Waals surface area contributed by atoms with Crippen LogP contribution in [0.4, 0.5) is 0 Å². The second-order valence-corrected chi connectivity index (χ2v) is 14.5. The van der Waals surface area contributed by atoms with Crippen molar-refractivity contribution in [2.75, 3.05) is 0 Å². The first kappa shape index (κ1) is 36.0. The SMILES string of the molecule is CCc1ccc(C2(c3ccc(CC(=O)c4ccc(C(C)(C)c5ccc(C(=O)O)c(C(C)=O)c5)cc4C(=O)O)cc3)c3ccccc3-c3ccccc32)cc1. The summed E-state index contributed by atoms with van der Waals surface area (Å²) in [7, 11) is 0. The molecule has 0 fully saturated rings. The predicted octanol–water partition coefficient (Wildman–Crippen LogP) is 9.96. The van der Waals surface area contributed by atoms with E-state index in [2.05, 4.69) is 91.9 Å². The molecule has 0 amide bonds. The molecule has 268 valence electrons. The van der Waals surface area contributed by atoms with Crippen molar-refractivity contribution in [1.29, 1.82) is 0 Å². The van der Waals surface area contributed by atoms with Crippen LogP contribution in [-0.2, 0) is 23.7 Å². The number of hydrogen-bond acceptors (Lipinski definition) is 4. The van der Waals surface area contributed by atoms with E-state index in [1.54, 1.807) is 24.3 Å². The molecule has 6 heteroatoms. The van der Waals surface area contributed by atoms with Crippen molar-refractivity contribution in [2.45, 2.75) is 51.4 Å². The second-order valence-electron chi connectivity index (χ2n) is 14.5. The average molecular weight is 713 g/mol. The number of aryl methyl sites for hydroxylation is 1. The maximum Gasteiger partial charge on any atom is 0.336 e. The van der Waals surface area contributed by atoms with E-state index in [4.69, 9.17) is 0 Å². The minimum Gasteiger partial charge on any atom is -0.478 e. The van der Waals surface area contributed by atoms with E-state index < -0.39 is 22.8 Å². The number of carbonyl (C=O) groups excluding carboxylic acids is 2. The first-order valence-corrected chi connectivity index (χ1v) is 18.1. The van der Waals surface area contributed by atoms with Gasteiger partial charge in [-0.05, 0) is 87.2 Å². The van der Waals surface area contributed by atoms with Crippen LogP contribution in [0.2, 0.25) is 0 Å². The smallest absolute Gasteiger partial charge is 0.336 e. The zero-order valence-corrected chi connectivity index (χ0v) is 30.6. The third-order valence-corrected chi connectivity index (χ3v) is 11.1. The molecule has 1 aliphatic carbocycles. The Balaban J connectivity index is 1.23. The van der Waals surface area contributed by atoms with E-state index in [1.807, 2.05) is 26.0 Å². The number of carboxylic acids is 2. The number of ketones is 2. The highest BCUT2D eigenvalue weighted by atomic mass is 16.4. The summed E-state index contributed by atoms with van der Waals surface area (Å²) in [5.74, 6) is -3.14. The van der Waals surface area contributed by atoms with Gasteiger partial charge in [-0.15, -0.1) is 0 Å². The van der Waals surface area contributed by atoms with E-state index in [-0.39, 0.29) is 40.2 Å². The van der Waals surface area contributed by atoms with Crippen LogP contribution in [0.5, 0.6) is 0 Å². The summed E-state index contributed by atoms with van der Waals surface area (Å²) in [6.07, 6.45) is 0.949. The molecule has 6 aromatic carbocycles. The largest absolute Gasteiger partial charge is 0.478 e. The molecule has 2 N–H and O–H groups in total. The third kappa shape index (κ3) is 5.94. The van der Waals surface area contributed by atoms with Gasteiger partial charge in [0.1, 0.15) is 0 Å². The van der Waals surface area contributed by atoms with E-state index in [1.165, 1.54) is 46.9 Å². The molecule has 0 bridgehead atoms. The zero-order chi connectivity index (χ0) is 38.4. The highest BCUT2D eigenvalue weighted by Gasteiger charge is 2.45. The van der Waals surface area contributed by atoms with Crippen LogP contribution >= 0.6 is 0 Å². The van der Waals surface area contributed by atoms with Crippen LogP contribution in [-0.4, -0.2) is 33.7 Å². The van der Waals surface area contributed by atoms with Crippen LogP contribution in [0.15, 0.2) is 133 Å². The fraction of sp³-hybridized carbons (Fsp3) is 0.167. The number of rotatable bonds is 11. The topological polar surface area (TPSA) is 109 Å². The fourth-order valence-corrected chi connectivity index (χ4v) is 8.10. The Hall–Kier alpha value is -6.40. The molecule has 6 nitrogen and oxygen atoms in total. The Morgan fingerprint density at radius 3 is 1.50 bits per heavy atom. The van der Waals surface area contributed by atoms with Gasteiger partial charge in [0.2, 0.25) is 0 Å². The summed E-state index contributed by atoms with van der Waals surface area (Å²) >= 11 is 0. The third-order valence-electron chi connectivity index (χ3n) is 11.1. The molecule has 0 aromatic heterocycles. The molecule has 7 rings (SSSR count). The maximum atomic E-state index is 13.8. The Kier molecular flexibility index (Phi) is 9.24. The minimum atomic E-state index is -1.23. The van der Waals surface area contributed by atoms with Gasteiger partial charge < -0.3 is 10.2 Å². The van der Waals surface area contributed by atoms with Gasteiger partial charge in [-0.1, -0.05) is 136 Å². The van der Waals surface area contributed by atoms with Gasteiger partial charge in [-0.25, -0.2) is 9.59 Å². The van der Waals surface area contributed by atoms with Gasteiger partial charge in [0.25, 0.3) is 0 Å². The lowest BCUT2D eigenvalue weighted by atomic mass is 9.67. The van der Waals surface area contributed by atoms with Crippen LogP contribution in [0.25, 0.3) is 11.1 Å². The first-order valence-electron chi connectivity index (χ1n) is 18.1. The molecule has 54 heavy (non-hydrogen) atoms. The minimum absolute atomic E-state index is 0.00723. The van der Waals surface area contributed by atoms with Gasteiger partial charge in [-0.2, -0.15) is 0 Å². The Labute approximate surface area is 314 Å². The summed E-state index contributed by atoms with van der Waals surface area (Å²) in [5.41, 5.74) is 8.85. The van der Waals surface area contributed by atoms with Gasteiger partial charge in [0.15, 0.2) is 11.6 Å². The van der Waals surface area contributed by atoms with Crippen molar-refractivity contribution in [2.24, 2.45) is 0 Å². The summed E-state index contributed by atoms with van der Waals surface area (Å²) in [6.45, 7) is 7.19. The number of aromatic carboxylic acids is 2. The van der Waals surface area contributed by atoms with Gasteiger partial charge >= 0.3 is 11.9 Å². The highest BCUT2D eigenvalue weighted by Crippen LogP contribution is 2.56. The molecular weight excluding hydrogens is 673 g/mol. The predicted molar refractivity (Wildman–Crippen MR) is 210 cm³/mol. The molecule has 6 aromatic rings. The standard InChI is InChI=1S/C48H40O6/c1-5-30-14-18-32(19-15-30)48(42-12-8-6-10-36(42)37-11-7-9-13-43(37)48)33-20-16-31(17-21-33)26-44(50)38-24-22-35(28-41(38)46(53)54)47(3,4)34-23-25-39(45(51)52)40(27-34)29(2)49/h6-25,27-28H,5,26H2,1-4H3,(H,51,52)(H,53,54). The fourth-order valence-electron chi connectivity index (χ4n) is 8.10. The molecule has 0 atom stereocenters. The number of fused-ring (bicyclic) bond motifs is 3. The van der Waals surface area contributed by atoms with Crippen LogP contribution < -0.4 is 0 Å². The van der Waals surface area contributed by atoms with E-state index in [0.29, 0.717) is 11.1 Å². The molecule has 0 heterocycles. The average Bonchev–Trinajstić information content (AvgIpc) is 3.48. The zero-order valence-electron chi connectivity index (χ0n) is 30.6. The van der Waals surface area contributed by atoms with E-state index in [9.17, 15) is 29.4 Å². The van der Waals surface area contributed by atoms with Gasteiger partial charge in [-0.3, -0.25) is 9.59 Å². The quantitative estimate of drug-likeness (QED) is 0.129. The molecule has 0 unspecified atom stereocenters. The summed E-state index contributed by atoms with van der Waals surface area (Å²) in [4.78, 5) is 50.5. The number of benzene rings is 6. The number of carbonyl (C=O) groups is 4. The van der Waals surface area contributed by atoms with Crippen molar-refractivity contribution in [3.63, 3.8) is 0 Å². The lowest BCUT2D eigenvalue weighted by Gasteiger charge is -2.34. The summed E-state index contributed by atoms with van der Waals surface area (Å²) in [6, 6.07) is 43.3. The Morgan fingerprint density at radius 1 is 0.556 bits per heavy atom. The van der Waals surface area contributed by atoms with Gasteiger partial charge in [0, 0.05) is 23.0 Å². The van der Waals surface area contributed by atoms with Crippen molar-refractivity contribution in [3.05, 3.63) is 200 Å². The van der Waals surface area contributed by atoms with Crippen LogP contribution in [0, 0.1) is 0 Å². The molecule has 0 radical (unpaired) electrons. The monoisotopic (exact) mass is 712 g/mol. The normalized spacial score (nSPS) is 12.8. The maximum absolute atomic E-state index is 13.8. The molecule has 1 aliphatic rings. The first-order chi connectivity index (χ1) is 25.9. The summed E-state index contributed by atoms with van der Waals surface area (Å²) in [5, 5.41) is 19.9. The van der Waals surface area contributed by atoms with Crippen LogP contribution in [0.3, 0.4) is 0 Å². The van der Waals surface area contributed by atoms with Crippen LogP contribution in [0.1, 0.15) is 114 Å². The summed E-state index contributed by atoms with van der Waals surface area (Å²) < 4.78 is 0. The number of Topliss-reactive ketones (excluding diaryl/α,β-unsaturated/α-hetero) is 2. The second kappa shape index (κ2) is 13.9. The molecule has 0 aliphatic heterocycles. The van der Waals surface area contributed by atoms with E-state index in [0.717, 1.165) is 23.1 Å². The number of hydrogen-bond donors (Lipinski definition) is 2. The lowest BCUT2D eigenvalue weighted by molar-refractivity contribution is 0.0683.